The molecular weight excluding hydrogens is 286 g/mol. The van der Waals surface area contributed by atoms with Gasteiger partial charge < -0.3 is 15.5 Å². The average Bonchev–Trinajstić information content (AvgIpc) is 2.95. The SMILES string of the molecule is COc1cc(C)c2[nH]c(-c3cccnc3)c(CCCCN)c2c1. The van der Waals surface area contributed by atoms with Crippen LogP contribution in [0.5, 0.6) is 5.75 Å². The second-order valence-electron chi connectivity index (χ2n) is 5.83. The molecule has 3 rings (SSSR count). The molecule has 0 unspecified atom stereocenters. The number of H-pyrrole nitrogens is 1. The highest BCUT2D eigenvalue weighted by molar-refractivity contribution is 5.93. The van der Waals surface area contributed by atoms with E-state index in [1.54, 1.807) is 13.3 Å². The number of nitrogens with zero attached hydrogens (tertiary/aromatic N) is 1. The minimum atomic E-state index is 0.729. The first-order valence-corrected chi connectivity index (χ1v) is 8.04. The van der Waals surface area contributed by atoms with E-state index >= 15 is 0 Å². The molecule has 23 heavy (non-hydrogen) atoms. The Balaban J connectivity index is 2.17. The molecule has 0 aliphatic heterocycles. The topological polar surface area (TPSA) is 63.9 Å². The predicted octanol–water partition coefficient (Wildman–Crippen LogP) is 3.83. The van der Waals surface area contributed by atoms with Crippen molar-refractivity contribution in [2.45, 2.75) is 26.2 Å². The van der Waals surface area contributed by atoms with Crippen LogP contribution in [0.25, 0.3) is 22.2 Å². The van der Waals surface area contributed by atoms with Crippen molar-refractivity contribution >= 4 is 10.9 Å². The van der Waals surface area contributed by atoms with Gasteiger partial charge in [0.1, 0.15) is 5.75 Å². The van der Waals surface area contributed by atoms with Gasteiger partial charge in [-0.05, 0) is 68.1 Å². The molecule has 0 saturated heterocycles. The van der Waals surface area contributed by atoms with Gasteiger partial charge in [-0.3, -0.25) is 4.98 Å². The van der Waals surface area contributed by atoms with Gasteiger partial charge in [0.2, 0.25) is 0 Å². The Morgan fingerprint density at radius 1 is 1.26 bits per heavy atom. The highest BCUT2D eigenvalue weighted by Crippen LogP contribution is 2.35. The summed E-state index contributed by atoms with van der Waals surface area (Å²) in [6.07, 6.45) is 6.81. The van der Waals surface area contributed by atoms with Gasteiger partial charge in [0, 0.05) is 28.9 Å². The Hall–Kier alpha value is -2.33. The maximum atomic E-state index is 5.66. The lowest BCUT2D eigenvalue weighted by atomic mass is 10.00. The molecule has 0 atom stereocenters. The molecule has 1 aromatic carbocycles. The zero-order chi connectivity index (χ0) is 16.2. The normalized spacial score (nSPS) is 11.1. The number of ether oxygens (including phenoxy) is 1. The third kappa shape index (κ3) is 3.08. The standard InChI is InChI=1S/C19H23N3O/c1-13-10-15(23-2)11-17-16(7-3-4-8-20)19(22-18(13)17)14-6-5-9-21-12-14/h5-6,9-12,22H,3-4,7-8,20H2,1-2H3. The molecule has 2 heterocycles. The van der Waals surface area contributed by atoms with Crippen LogP contribution in [0.4, 0.5) is 0 Å². The summed E-state index contributed by atoms with van der Waals surface area (Å²) in [5.74, 6) is 0.895. The van der Waals surface area contributed by atoms with Crippen molar-refractivity contribution in [3.63, 3.8) is 0 Å². The lowest BCUT2D eigenvalue weighted by molar-refractivity contribution is 0.415. The maximum absolute atomic E-state index is 5.66. The van der Waals surface area contributed by atoms with E-state index in [4.69, 9.17) is 10.5 Å². The van der Waals surface area contributed by atoms with Gasteiger partial charge in [-0.1, -0.05) is 0 Å². The van der Waals surface area contributed by atoms with E-state index in [9.17, 15) is 0 Å². The smallest absolute Gasteiger partial charge is 0.119 e. The highest BCUT2D eigenvalue weighted by Gasteiger charge is 2.15. The van der Waals surface area contributed by atoms with Crippen LogP contribution in [0.3, 0.4) is 0 Å². The Morgan fingerprint density at radius 3 is 2.83 bits per heavy atom. The van der Waals surface area contributed by atoms with Crippen LogP contribution in [0, 0.1) is 6.92 Å². The van der Waals surface area contributed by atoms with Crippen molar-refractivity contribution < 1.29 is 4.74 Å². The monoisotopic (exact) mass is 309 g/mol. The Morgan fingerprint density at radius 2 is 2.13 bits per heavy atom. The van der Waals surface area contributed by atoms with E-state index < -0.39 is 0 Å². The number of benzene rings is 1. The van der Waals surface area contributed by atoms with Crippen LogP contribution in [0.2, 0.25) is 0 Å². The zero-order valence-electron chi connectivity index (χ0n) is 13.7. The molecule has 3 aromatic rings. The lowest BCUT2D eigenvalue weighted by Crippen LogP contribution is -1.99. The van der Waals surface area contributed by atoms with Crippen LogP contribution in [-0.2, 0) is 6.42 Å². The van der Waals surface area contributed by atoms with Crippen molar-refractivity contribution in [1.29, 1.82) is 0 Å². The van der Waals surface area contributed by atoms with Crippen molar-refractivity contribution in [2.24, 2.45) is 5.73 Å². The Kier molecular flexibility index (Phi) is 4.63. The molecule has 4 nitrogen and oxygen atoms in total. The number of hydrogen-bond donors (Lipinski definition) is 2. The number of aromatic nitrogens is 2. The molecule has 120 valence electrons. The van der Waals surface area contributed by atoms with Crippen LogP contribution < -0.4 is 10.5 Å². The number of fused-ring (bicyclic) bond motifs is 1. The predicted molar refractivity (Wildman–Crippen MR) is 94.8 cm³/mol. The fourth-order valence-electron chi connectivity index (χ4n) is 3.07. The third-order valence-electron chi connectivity index (χ3n) is 4.25. The number of nitrogens with two attached hydrogens (primary N) is 1. The van der Waals surface area contributed by atoms with Crippen molar-refractivity contribution in [3.05, 3.63) is 47.8 Å². The molecule has 0 fully saturated rings. The number of pyridine rings is 1. The molecule has 0 spiro atoms. The van der Waals surface area contributed by atoms with E-state index in [-0.39, 0.29) is 0 Å². The molecule has 2 aromatic heterocycles. The van der Waals surface area contributed by atoms with Crippen LogP contribution >= 0.6 is 0 Å². The van der Waals surface area contributed by atoms with E-state index in [1.165, 1.54) is 22.0 Å². The molecular formula is C19H23N3O. The van der Waals surface area contributed by atoms with Crippen LogP contribution in [0.1, 0.15) is 24.0 Å². The second-order valence-corrected chi connectivity index (χ2v) is 5.83. The number of hydrogen-bond acceptors (Lipinski definition) is 3. The van der Waals surface area contributed by atoms with Crippen LogP contribution in [0.15, 0.2) is 36.7 Å². The fraction of sp³-hybridized carbons (Fsp3) is 0.316. The molecule has 0 aliphatic carbocycles. The average molecular weight is 309 g/mol. The number of unbranched alkanes of at least 4 members (excludes halogenated alkanes) is 1. The zero-order valence-corrected chi connectivity index (χ0v) is 13.7. The summed E-state index contributed by atoms with van der Waals surface area (Å²) in [6, 6.07) is 8.25. The molecule has 3 N–H and O–H groups in total. The maximum Gasteiger partial charge on any atom is 0.119 e. The van der Waals surface area contributed by atoms with Gasteiger partial charge >= 0.3 is 0 Å². The summed E-state index contributed by atoms with van der Waals surface area (Å²) in [6.45, 7) is 2.84. The number of methoxy groups -OCH3 is 1. The minimum absolute atomic E-state index is 0.729. The molecule has 0 radical (unpaired) electrons. The second kappa shape index (κ2) is 6.84. The Labute approximate surface area is 136 Å². The van der Waals surface area contributed by atoms with Crippen molar-refractivity contribution in [2.75, 3.05) is 13.7 Å². The molecule has 0 amide bonds. The summed E-state index contributed by atoms with van der Waals surface area (Å²) in [5, 5.41) is 1.23. The third-order valence-corrected chi connectivity index (χ3v) is 4.25. The molecule has 0 bridgehead atoms. The highest BCUT2D eigenvalue weighted by atomic mass is 16.5. The quantitative estimate of drug-likeness (QED) is 0.680. The van der Waals surface area contributed by atoms with Gasteiger partial charge in [0.25, 0.3) is 0 Å². The van der Waals surface area contributed by atoms with Gasteiger partial charge in [-0.25, -0.2) is 0 Å². The van der Waals surface area contributed by atoms with Crippen molar-refractivity contribution in [3.8, 4) is 17.0 Å². The minimum Gasteiger partial charge on any atom is -0.497 e. The van der Waals surface area contributed by atoms with E-state index in [0.29, 0.717) is 0 Å². The number of nitrogens with one attached hydrogen (secondary N) is 1. The largest absolute Gasteiger partial charge is 0.497 e. The summed E-state index contributed by atoms with van der Waals surface area (Å²) in [7, 11) is 1.71. The summed E-state index contributed by atoms with van der Waals surface area (Å²) in [5.41, 5.74) is 11.6. The molecule has 4 heteroatoms. The summed E-state index contributed by atoms with van der Waals surface area (Å²) < 4.78 is 5.45. The van der Waals surface area contributed by atoms with E-state index in [0.717, 1.165) is 42.8 Å². The van der Waals surface area contributed by atoms with Crippen molar-refractivity contribution in [1.82, 2.24) is 9.97 Å². The first-order chi connectivity index (χ1) is 11.2. The molecule has 0 aliphatic rings. The van der Waals surface area contributed by atoms with Gasteiger partial charge in [0.05, 0.1) is 12.8 Å². The van der Waals surface area contributed by atoms with Gasteiger partial charge in [-0.15, -0.1) is 0 Å². The number of aryl methyl sites for hydroxylation is 2. The Bertz CT molecular complexity index is 793. The van der Waals surface area contributed by atoms with E-state index in [2.05, 4.69) is 35.1 Å². The summed E-state index contributed by atoms with van der Waals surface area (Å²) in [4.78, 5) is 7.86. The summed E-state index contributed by atoms with van der Waals surface area (Å²) >= 11 is 0. The van der Waals surface area contributed by atoms with Gasteiger partial charge in [0.15, 0.2) is 0 Å². The number of rotatable bonds is 6. The van der Waals surface area contributed by atoms with Crippen LogP contribution in [-0.4, -0.2) is 23.6 Å². The molecule has 0 saturated carbocycles. The fourth-order valence-corrected chi connectivity index (χ4v) is 3.07. The first-order valence-electron chi connectivity index (χ1n) is 8.04. The van der Waals surface area contributed by atoms with E-state index in [1.807, 2.05) is 12.3 Å². The van der Waals surface area contributed by atoms with Gasteiger partial charge in [-0.2, -0.15) is 0 Å². The lowest BCUT2D eigenvalue weighted by Gasteiger charge is -2.06. The number of aromatic amines is 1. The first kappa shape index (κ1) is 15.6.